The van der Waals surface area contributed by atoms with Crippen molar-refractivity contribution >= 4 is 34.4 Å². The second kappa shape index (κ2) is 8.44. The summed E-state index contributed by atoms with van der Waals surface area (Å²) in [5.41, 5.74) is 7.23. The molecule has 0 saturated heterocycles. The van der Waals surface area contributed by atoms with Crippen LogP contribution in [0, 0.1) is 0 Å². The number of primary amides is 1. The average Bonchev–Trinajstić information content (AvgIpc) is 3.12. The van der Waals surface area contributed by atoms with E-state index in [1.54, 1.807) is 29.2 Å². The van der Waals surface area contributed by atoms with Crippen LogP contribution >= 0.6 is 11.6 Å². The Morgan fingerprint density at radius 2 is 2.00 bits per heavy atom. The molecule has 0 bridgehead atoms. The number of pyridine rings is 2. The number of nitrogens with one attached hydrogen (secondary N) is 1. The van der Waals surface area contributed by atoms with Gasteiger partial charge in [-0.2, -0.15) is 0 Å². The van der Waals surface area contributed by atoms with E-state index in [1.165, 1.54) is 6.42 Å². The van der Waals surface area contributed by atoms with Crippen molar-refractivity contribution in [1.82, 2.24) is 19.9 Å². The molecule has 0 radical (unpaired) electrons. The predicted molar refractivity (Wildman–Crippen MR) is 115 cm³/mol. The Morgan fingerprint density at radius 3 is 2.70 bits per heavy atom. The molecule has 0 unspecified atom stereocenters. The number of aromatic nitrogens is 3. The summed E-state index contributed by atoms with van der Waals surface area (Å²) in [6.07, 6.45) is 12.3. The fourth-order valence-corrected chi connectivity index (χ4v) is 4.70. The third-order valence-electron chi connectivity index (χ3n) is 5.95. The Morgan fingerprint density at radius 1 is 1.20 bits per heavy atom. The van der Waals surface area contributed by atoms with Crippen molar-refractivity contribution in [3.05, 3.63) is 59.1 Å². The van der Waals surface area contributed by atoms with Gasteiger partial charge in [-0.3, -0.25) is 14.6 Å². The average molecular weight is 426 g/mol. The molecule has 1 fully saturated rings. The topological polar surface area (TPSA) is 103 Å². The van der Waals surface area contributed by atoms with E-state index in [4.69, 9.17) is 17.3 Å². The van der Waals surface area contributed by atoms with Crippen LogP contribution in [0.4, 0.5) is 0 Å². The van der Waals surface area contributed by atoms with Gasteiger partial charge < -0.3 is 15.6 Å². The second-order valence-electron chi connectivity index (χ2n) is 7.89. The third-order valence-corrected chi connectivity index (χ3v) is 6.26. The molecule has 3 aromatic heterocycles. The van der Waals surface area contributed by atoms with Crippen molar-refractivity contribution in [2.45, 2.75) is 44.1 Å². The molecule has 1 saturated carbocycles. The van der Waals surface area contributed by atoms with Crippen LogP contribution in [-0.2, 0) is 16.8 Å². The maximum Gasteiger partial charge on any atom is 0.253 e. The van der Waals surface area contributed by atoms with Crippen molar-refractivity contribution in [1.29, 1.82) is 0 Å². The van der Waals surface area contributed by atoms with Gasteiger partial charge in [0.2, 0.25) is 5.91 Å². The van der Waals surface area contributed by atoms with Crippen molar-refractivity contribution in [2.75, 3.05) is 6.54 Å². The molecular weight excluding hydrogens is 402 g/mol. The number of rotatable bonds is 6. The number of carbonyl (C=O) groups excluding carboxylic acids is 2. The molecule has 3 N–H and O–H groups in total. The fraction of sp³-hybridized carbons (Fsp3) is 0.364. The van der Waals surface area contributed by atoms with E-state index in [1.807, 2.05) is 12.3 Å². The first kappa shape index (κ1) is 20.3. The van der Waals surface area contributed by atoms with E-state index in [9.17, 15) is 9.59 Å². The Kier molecular flexibility index (Phi) is 5.72. The zero-order valence-electron chi connectivity index (χ0n) is 16.6. The van der Waals surface area contributed by atoms with Crippen molar-refractivity contribution in [2.24, 2.45) is 5.73 Å². The van der Waals surface area contributed by atoms with Crippen molar-refractivity contribution < 1.29 is 9.59 Å². The fourth-order valence-electron chi connectivity index (χ4n) is 4.45. The summed E-state index contributed by atoms with van der Waals surface area (Å²) >= 11 is 6.37. The Balaban J connectivity index is 1.63. The molecule has 8 heteroatoms. The Hall–Kier alpha value is -2.93. The molecule has 30 heavy (non-hydrogen) atoms. The van der Waals surface area contributed by atoms with Crippen LogP contribution in [0.15, 0.2) is 43.0 Å². The van der Waals surface area contributed by atoms with E-state index >= 15 is 0 Å². The highest BCUT2D eigenvalue weighted by molar-refractivity contribution is 6.36. The van der Waals surface area contributed by atoms with Gasteiger partial charge in [0.1, 0.15) is 12.2 Å². The minimum atomic E-state index is -0.515. The number of amides is 2. The van der Waals surface area contributed by atoms with Gasteiger partial charge in [-0.1, -0.05) is 36.9 Å². The first-order valence-corrected chi connectivity index (χ1v) is 10.5. The minimum Gasteiger partial charge on any atom is -0.368 e. The van der Waals surface area contributed by atoms with Crippen LogP contribution < -0.4 is 11.1 Å². The summed E-state index contributed by atoms with van der Waals surface area (Å²) in [4.78, 5) is 33.2. The van der Waals surface area contributed by atoms with Crippen LogP contribution in [0.3, 0.4) is 0 Å². The molecule has 1 aliphatic carbocycles. The van der Waals surface area contributed by atoms with Crippen molar-refractivity contribution in [3.63, 3.8) is 0 Å². The zero-order valence-corrected chi connectivity index (χ0v) is 17.4. The normalized spacial score (nSPS) is 15.8. The molecule has 0 aromatic carbocycles. The second-order valence-corrected chi connectivity index (χ2v) is 8.30. The van der Waals surface area contributed by atoms with Gasteiger partial charge in [-0.05, 0) is 30.5 Å². The van der Waals surface area contributed by atoms with E-state index in [-0.39, 0.29) is 17.9 Å². The molecule has 3 heterocycles. The molecule has 156 valence electrons. The molecular formula is C22H24ClN5O2. The molecule has 0 spiro atoms. The van der Waals surface area contributed by atoms with Crippen LogP contribution in [0.5, 0.6) is 0 Å². The van der Waals surface area contributed by atoms with Crippen molar-refractivity contribution in [3.8, 4) is 0 Å². The quantitative estimate of drug-likeness (QED) is 0.632. The highest BCUT2D eigenvalue weighted by atomic mass is 35.5. The van der Waals surface area contributed by atoms with Crippen LogP contribution in [0.25, 0.3) is 11.0 Å². The van der Waals surface area contributed by atoms with Gasteiger partial charge in [0.25, 0.3) is 5.91 Å². The Labute approximate surface area is 179 Å². The monoisotopic (exact) mass is 425 g/mol. The number of halogens is 1. The lowest BCUT2D eigenvalue weighted by molar-refractivity contribution is -0.118. The number of fused-ring (bicyclic) bond motifs is 1. The van der Waals surface area contributed by atoms with Crippen LogP contribution in [0.2, 0.25) is 5.02 Å². The number of nitrogens with two attached hydrogens (primary N) is 1. The first-order chi connectivity index (χ1) is 14.5. The zero-order chi connectivity index (χ0) is 21.1. The maximum absolute atomic E-state index is 13.2. The SMILES string of the molecule is NC(=O)Cn1cc(C(=O)NCC2(c3cccnc3)CCCCC2)c2c(Cl)ccnc21. The largest absolute Gasteiger partial charge is 0.368 e. The highest BCUT2D eigenvalue weighted by Gasteiger charge is 2.35. The van der Waals surface area contributed by atoms with Gasteiger partial charge >= 0.3 is 0 Å². The third kappa shape index (κ3) is 3.89. The van der Waals surface area contributed by atoms with Gasteiger partial charge in [0, 0.05) is 36.7 Å². The van der Waals surface area contributed by atoms with E-state index in [0.717, 1.165) is 31.2 Å². The summed E-state index contributed by atoms with van der Waals surface area (Å²) in [5, 5.41) is 4.05. The predicted octanol–water partition coefficient (Wildman–Crippen LogP) is 3.20. The molecule has 3 aromatic rings. The summed E-state index contributed by atoms with van der Waals surface area (Å²) in [5.74, 6) is -0.759. The van der Waals surface area contributed by atoms with Gasteiger partial charge in [0.15, 0.2) is 0 Å². The smallest absolute Gasteiger partial charge is 0.253 e. The molecule has 2 amide bonds. The number of carbonyl (C=O) groups is 2. The van der Waals surface area contributed by atoms with Crippen LogP contribution in [-0.4, -0.2) is 32.9 Å². The number of nitrogens with zero attached hydrogens (tertiary/aromatic N) is 3. The number of hydrogen-bond donors (Lipinski definition) is 2. The lowest BCUT2D eigenvalue weighted by atomic mass is 9.70. The van der Waals surface area contributed by atoms with Gasteiger partial charge in [-0.25, -0.2) is 4.98 Å². The van der Waals surface area contributed by atoms with E-state index in [0.29, 0.717) is 28.2 Å². The van der Waals surface area contributed by atoms with Gasteiger partial charge in [0.05, 0.1) is 16.0 Å². The molecule has 7 nitrogen and oxygen atoms in total. The lowest BCUT2D eigenvalue weighted by Gasteiger charge is -2.37. The Bertz CT molecular complexity index is 1070. The minimum absolute atomic E-state index is 0.0727. The first-order valence-electron chi connectivity index (χ1n) is 10.1. The lowest BCUT2D eigenvalue weighted by Crippen LogP contribution is -2.42. The van der Waals surface area contributed by atoms with E-state index < -0.39 is 5.91 Å². The standard InChI is InChI=1S/C22H24ClN5O2/c23-17-6-10-26-20-19(17)16(12-28(20)13-18(24)29)21(30)27-14-22(7-2-1-3-8-22)15-5-4-9-25-11-15/h4-6,9-12H,1-3,7-8,13-14H2,(H2,24,29)(H,27,30). The van der Waals surface area contributed by atoms with Crippen LogP contribution in [0.1, 0.15) is 48.0 Å². The van der Waals surface area contributed by atoms with Gasteiger partial charge in [-0.15, -0.1) is 0 Å². The summed E-state index contributed by atoms with van der Waals surface area (Å²) < 4.78 is 1.57. The summed E-state index contributed by atoms with van der Waals surface area (Å²) in [6.45, 7) is 0.439. The summed E-state index contributed by atoms with van der Waals surface area (Å²) in [7, 11) is 0. The van der Waals surface area contributed by atoms with E-state index in [2.05, 4.69) is 21.4 Å². The molecule has 0 atom stereocenters. The summed E-state index contributed by atoms with van der Waals surface area (Å²) in [6, 6.07) is 5.66. The highest BCUT2D eigenvalue weighted by Crippen LogP contribution is 2.39. The molecule has 1 aliphatic rings. The molecule has 0 aliphatic heterocycles. The molecule has 4 rings (SSSR count). The maximum atomic E-state index is 13.2. The number of hydrogen-bond acceptors (Lipinski definition) is 4.